The van der Waals surface area contributed by atoms with Crippen LogP contribution in [0.5, 0.6) is 0 Å². The van der Waals surface area contributed by atoms with Gasteiger partial charge in [0.2, 0.25) is 0 Å². The van der Waals surface area contributed by atoms with E-state index in [1.807, 2.05) is 36.6 Å². The van der Waals surface area contributed by atoms with E-state index < -0.39 is 0 Å². The van der Waals surface area contributed by atoms with Crippen LogP contribution < -0.4 is 0 Å². The van der Waals surface area contributed by atoms with Gasteiger partial charge in [0, 0.05) is 17.9 Å². The number of carbonyl (C=O) groups excluding carboxylic acids is 2. The van der Waals surface area contributed by atoms with Crippen LogP contribution in [0.2, 0.25) is 0 Å². The third-order valence-electron chi connectivity index (χ3n) is 2.80. The highest BCUT2D eigenvalue weighted by molar-refractivity contribution is 7.12. The summed E-state index contributed by atoms with van der Waals surface area (Å²) in [6.07, 6.45) is 0.265. The number of carbonyl (C=O) groups is 2. The molecular weight excluding hydrogens is 244 g/mol. The van der Waals surface area contributed by atoms with Crippen LogP contribution in [0.25, 0.3) is 0 Å². The highest BCUT2D eigenvalue weighted by Gasteiger charge is 2.19. The van der Waals surface area contributed by atoms with E-state index in [0.717, 1.165) is 4.88 Å². The lowest BCUT2D eigenvalue weighted by Crippen LogP contribution is -2.15. The summed E-state index contributed by atoms with van der Waals surface area (Å²) in [6, 6.07) is 12.8. The number of hydrogen-bond donors (Lipinski definition) is 0. The first kappa shape index (κ1) is 12.7. The molecule has 0 bridgehead atoms. The molecule has 0 radical (unpaired) electrons. The van der Waals surface area contributed by atoms with Gasteiger partial charge in [-0.25, -0.2) is 0 Å². The van der Waals surface area contributed by atoms with Crippen molar-refractivity contribution in [1.82, 2.24) is 0 Å². The summed E-state index contributed by atoms with van der Waals surface area (Å²) >= 11 is 1.42. The molecule has 2 aromatic rings. The standard InChI is InChI=1S/C15H14O2S/c1-11(15(17)14-8-5-9-18-14)10-13(16)12-6-3-2-4-7-12/h2-9,11H,10H2,1H3/t11-/m1/s1. The normalized spacial score (nSPS) is 12.1. The molecule has 0 fully saturated rings. The van der Waals surface area contributed by atoms with Crippen LogP contribution in [0.15, 0.2) is 47.8 Å². The zero-order valence-corrected chi connectivity index (χ0v) is 10.9. The molecule has 0 amide bonds. The summed E-state index contributed by atoms with van der Waals surface area (Å²) in [5.41, 5.74) is 0.670. The van der Waals surface area contributed by atoms with Gasteiger partial charge in [0.25, 0.3) is 0 Å². The average Bonchev–Trinajstić information content (AvgIpc) is 2.92. The molecule has 2 rings (SSSR count). The molecule has 3 heteroatoms. The van der Waals surface area contributed by atoms with Gasteiger partial charge in [-0.1, -0.05) is 43.3 Å². The topological polar surface area (TPSA) is 34.1 Å². The van der Waals surface area contributed by atoms with Crippen LogP contribution in [0.3, 0.4) is 0 Å². The van der Waals surface area contributed by atoms with Gasteiger partial charge >= 0.3 is 0 Å². The molecule has 0 aliphatic heterocycles. The number of Topliss-reactive ketones (excluding diaryl/α,β-unsaturated/α-hetero) is 2. The predicted octanol–water partition coefficient (Wildman–Crippen LogP) is 3.84. The number of hydrogen-bond acceptors (Lipinski definition) is 3. The highest BCUT2D eigenvalue weighted by atomic mass is 32.1. The van der Waals surface area contributed by atoms with Crippen molar-refractivity contribution in [3.8, 4) is 0 Å². The van der Waals surface area contributed by atoms with Crippen LogP contribution in [0, 0.1) is 5.92 Å². The van der Waals surface area contributed by atoms with Crippen LogP contribution in [-0.2, 0) is 0 Å². The van der Waals surface area contributed by atoms with E-state index in [-0.39, 0.29) is 23.9 Å². The Morgan fingerprint density at radius 3 is 2.44 bits per heavy atom. The fourth-order valence-corrected chi connectivity index (χ4v) is 2.55. The Balaban J connectivity index is 2.02. The van der Waals surface area contributed by atoms with E-state index in [1.165, 1.54) is 11.3 Å². The first-order valence-electron chi connectivity index (χ1n) is 5.84. The van der Waals surface area contributed by atoms with Gasteiger partial charge in [-0.2, -0.15) is 0 Å². The summed E-state index contributed by atoms with van der Waals surface area (Å²) in [5, 5.41) is 1.87. The van der Waals surface area contributed by atoms with Crippen molar-refractivity contribution < 1.29 is 9.59 Å². The maximum absolute atomic E-state index is 12.0. The van der Waals surface area contributed by atoms with Crippen molar-refractivity contribution in [3.05, 3.63) is 58.3 Å². The monoisotopic (exact) mass is 258 g/mol. The molecule has 1 heterocycles. The van der Waals surface area contributed by atoms with Crippen LogP contribution in [-0.4, -0.2) is 11.6 Å². The van der Waals surface area contributed by atoms with Gasteiger partial charge in [-0.15, -0.1) is 11.3 Å². The van der Waals surface area contributed by atoms with E-state index in [0.29, 0.717) is 5.56 Å². The van der Waals surface area contributed by atoms with E-state index >= 15 is 0 Å². The summed E-state index contributed by atoms with van der Waals surface area (Å²) in [6.45, 7) is 1.81. The number of thiophene rings is 1. The molecule has 1 aromatic heterocycles. The summed E-state index contributed by atoms with van der Waals surface area (Å²) < 4.78 is 0. The lowest BCUT2D eigenvalue weighted by atomic mass is 9.95. The van der Waals surface area contributed by atoms with E-state index in [1.54, 1.807) is 18.2 Å². The minimum absolute atomic E-state index is 0.0213. The molecular formula is C15H14O2S. The molecule has 1 aromatic carbocycles. The average molecular weight is 258 g/mol. The number of benzene rings is 1. The largest absolute Gasteiger partial charge is 0.294 e. The molecule has 0 aliphatic rings. The first-order chi connectivity index (χ1) is 8.68. The minimum Gasteiger partial charge on any atom is -0.294 e. The van der Waals surface area contributed by atoms with E-state index in [9.17, 15) is 9.59 Å². The third kappa shape index (κ3) is 2.93. The molecule has 0 saturated carbocycles. The molecule has 0 spiro atoms. The molecule has 1 atom stereocenters. The van der Waals surface area contributed by atoms with Crippen LogP contribution in [0.4, 0.5) is 0 Å². The molecule has 0 saturated heterocycles. The van der Waals surface area contributed by atoms with Gasteiger partial charge in [0.05, 0.1) is 4.88 Å². The Labute approximate surface area is 110 Å². The summed E-state index contributed by atoms with van der Waals surface area (Å²) in [5.74, 6) is -0.196. The van der Waals surface area contributed by atoms with E-state index in [4.69, 9.17) is 0 Å². The zero-order chi connectivity index (χ0) is 13.0. The minimum atomic E-state index is -0.267. The quantitative estimate of drug-likeness (QED) is 0.764. The van der Waals surface area contributed by atoms with E-state index in [2.05, 4.69) is 0 Å². The van der Waals surface area contributed by atoms with Crippen molar-refractivity contribution in [2.24, 2.45) is 5.92 Å². The Morgan fingerprint density at radius 2 is 1.83 bits per heavy atom. The number of ketones is 2. The molecule has 18 heavy (non-hydrogen) atoms. The molecule has 92 valence electrons. The Morgan fingerprint density at radius 1 is 1.11 bits per heavy atom. The van der Waals surface area contributed by atoms with Gasteiger partial charge in [0.15, 0.2) is 11.6 Å². The fourth-order valence-electron chi connectivity index (χ4n) is 1.77. The van der Waals surface area contributed by atoms with Gasteiger partial charge in [-0.05, 0) is 11.4 Å². The highest BCUT2D eigenvalue weighted by Crippen LogP contribution is 2.18. The van der Waals surface area contributed by atoms with Crippen LogP contribution in [0.1, 0.15) is 33.4 Å². The van der Waals surface area contributed by atoms with Gasteiger partial charge in [0.1, 0.15) is 0 Å². The predicted molar refractivity (Wildman–Crippen MR) is 73.2 cm³/mol. The summed E-state index contributed by atoms with van der Waals surface area (Å²) in [4.78, 5) is 24.7. The fraction of sp³-hybridized carbons (Fsp3) is 0.200. The lowest BCUT2D eigenvalue weighted by Gasteiger charge is -2.08. The van der Waals surface area contributed by atoms with Crippen molar-refractivity contribution in [3.63, 3.8) is 0 Å². The van der Waals surface area contributed by atoms with Crippen LogP contribution >= 0.6 is 11.3 Å². The summed E-state index contributed by atoms with van der Waals surface area (Å²) in [7, 11) is 0. The Hall–Kier alpha value is -1.74. The molecule has 0 unspecified atom stereocenters. The van der Waals surface area contributed by atoms with Crippen molar-refractivity contribution in [1.29, 1.82) is 0 Å². The third-order valence-corrected chi connectivity index (χ3v) is 3.68. The number of rotatable bonds is 5. The lowest BCUT2D eigenvalue weighted by molar-refractivity contribution is 0.0866. The maximum Gasteiger partial charge on any atom is 0.176 e. The molecule has 0 aliphatic carbocycles. The second-order valence-electron chi connectivity index (χ2n) is 4.24. The second-order valence-corrected chi connectivity index (χ2v) is 5.18. The van der Waals surface area contributed by atoms with Crippen molar-refractivity contribution in [2.75, 3.05) is 0 Å². The Kier molecular flexibility index (Phi) is 4.05. The molecule has 0 N–H and O–H groups in total. The first-order valence-corrected chi connectivity index (χ1v) is 6.72. The second kappa shape index (κ2) is 5.74. The van der Waals surface area contributed by atoms with Gasteiger partial charge in [-0.3, -0.25) is 9.59 Å². The smallest absolute Gasteiger partial charge is 0.176 e. The van der Waals surface area contributed by atoms with Crippen molar-refractivity contribution in [2.45, 2.75) is 13.3 Å². The van der Waals surface area contributed by atoms with Crippen molar-refractivity contribution >= 4 is 22.9 Å². The SMILES string of the molecule is C[C@H](CC(=O)c1ccccc1)C(=O)c1cccs1. The molecule has 2 nitrogen and oxygen atoms in total. The van der Waals surface area contributed by atoms with Gasteiger partial charge < -0.3 is 0 Å². The maximum atomic E-state index is 12.0. The Bertz CT molecular complexity index is 529. The zero-order valence-electron chi connectivity index (χ0n) is 10.1.